The SMILES string of the molecule is Cc1cc2nn(-c3ccc(F)cc3)nc2cc1NC(=O)CC#N. The fraction of sp³-hybridized carbons (Fsp3) is 0.125. The molecule has 0 aliphatic heterocycles. The molecular formula is C16H12FN5O. The van der Waals surface area contributed by atoms with Gasteiger partial charge in [-0.2, -0.15) is 10.1 Å². The third kappa shape index (κ3) is 3.01. The molecule has 0 atom stereocenters. The molecule has 23 heavy (non-hydrogen) atoms. The summed E-state index contributed by atoms with van der Waals surface area (Å²) < 4.78 is 13.0. The van der Waals surface area contributed by atoms with Gasteiger partial charge in [0.05, 0.1) is 11.8 Å². The molecule has 1 N–H and O–H groups in total. The second-order valence-corrected chi connectivity index (χ2v) is 5.00. The van der Waals surface area contributed by atoms with E-state index in [1.807, 2.05) is 6.92 Å². The van der Waals surface area contributed by atoms with Crippen LogP contribution in [0.4, 0.5) is 10.1 Å². The number of halogens is 1. The number of amides is 1. The van der Waals surface area contributed by atoms with E-state index < -0.39 is 0 Å². The number of aromatic nitrogens is 3. The van der Waals surface area contributed by atoms with Crippen molar-refractivity contribution in [3.05, 3.63) is 47.8 Å². The largest absolute Gasteiger partial charge is 0.325 e. The van der Waals surface area contributed by atoms with Crippen LogP contribution in [0, 0.1) is 24.1 Å². The number of hydrogen-bond donors (Lipinski definition) is 1. The molecular weight excluding hydrogens is 297 g/mol. The van der Waals surface area contributed by atoms with Gasteiger partial charge in [0.15, 0.2) is 0 Å². The molecule has 0 saturated heterocycles. The van der Waals surface area contributed by atoms with E-state index in [4.69, 9.17) is 5.26 Å². The lowest BCUT2D eigenvalue weighted by molar-refractivity contribution is -0.115. The lowest BCUT2D eigenvalue weighted by Crippen LogP contribution is -2.11. The van der Waals surface area contributed by atoms with Crippen LogP contribution in [0.15, 0.2) is 36.4 Å². The summed E-state index contributed by atoms with van der Waals surface area (Å²) in [6.07, 6.45) is -0.209. The normalized spacial score (nSPS) is 10.5. The Labute approximate surface area is 131 Å². The number of benzene rings is 2. The summed E-state index contributed by atoms with van der Waals surface area (Å²) >= 11 is 0. The van der Waals surface area contributed by atoms with Gasteiger partial charge in [0.25, 0.3) is 0 Å². The van der Waals surface area contributed by atoms with Crippen molar-refractivity contribution in [1.29, 1.82) is 5.26 Å². The maximum Gasteiger partial charge on any atom is 0.238 e. The first kappa shape index (κ1) is 14.7. The van der Waals surface area contributed by atoms with Gasteiger partial charge in [-0.05, 0) is 48.9 Å². The number of carbonyl (C=O) groups is 1. The minimum atomic E-state index is -0.374. The van der Waals surface area contributed by atoms with E-state index in [-0.39, 0.29) is 18.1 Å². The minimum Gasteiger partial charge on any atom is -0.325 e. The molecule has 1 heterocycles. The highest BCUT2D eigenvalue weighted by atomic mass is 19.1. The van der Waals surface area contributed by atoms with Gasteiger partial charge in [0.2, 0.25) is 5.91 Å². The molecule has 0 aliphatic carbocycles. The maximum absolute atomic E-state index is 13.0. The van der Waals surface area contributed by atoms with Gasteiger partial charge >= 0.3 is 0 Å². The standard InChI is InChI=1S/C16H12FN5O/c1-10-8-14-15(9-13(10)19-16(23)6-7-18)21-22(20-14)12-4-2-11(17)3-5-12/h2-5,8-9H,6H2,1H3,(H,19,23). The molecule has 0 unspecified atom stereocenters. The maximum atomic E-state index is 13.0. The molecule has 0 radical (unpaired) electrons. The fourth-order valence-corrected chi connectivity index (χ4v) is 2.16. The number of fused-ring (bicyclic) bond motifs is 1. The average molecular weight is 309 g/mol. The molecule has 0 saturated carbocycles. The van der Waals surface area contributed by atoms with Crippen LogP contribution in [0.3, 0.4) is 0 Å². The second-order valence-electron chi connectivity index (χ2n) is 5.00. The van der Waals surface area contributed by atoms with Gasteiger partial charge in [-0.1, -0.05) is 0 Å². The zero-order chi connectivity index (χ0) is 16.4. The van der Waals surface area contributed by atoms with E-state index >= 15 is 0 Å². The van der Waals surface area contributed by atoms with Gasteiger partial charge < -0.3 is 5.32 Å². The zero-order valence-electron chi connectivity index (χ0n) is 12.2. The van der Waals surface area contributed by atoms with Crippen LogP contribution < -0.4 is 5.32 Å². The molecule has 6 nitrogen and oxygen atoms in total. The Kier molecular flexibility index (Phi) is 3.73. The number of hydrogen-bond acceptors (Lipinski definition) is 4. The molecule has 0 fully saturated rings. The smallest absolute Gasteiger partial charge is 0.238 e. The Hall–Kier alpha value is -3.27. The summed E-state index contributed by atoms with van der Waals surface area (Å²) in [5.74, 6) is -0.704. The summed E-state index contributed by atoms with van der Waals surface area (Å²) in [6.45, 7) is 1.83. The van der Waals surface area contributed by atoms with Crippen LogP contribution in [0.5, 0.6) is 0 Å². The summed E-state index contributed by atoms with van der Waals surface area (Å²) in [4.78, 5) is 13.0. The van der Waals surface area contributed by atoms with Crippen molar-refractivity contribution in [3.63, 3.8) is 0 Å². The van der Waals surface area contributed by atoms with Crippen molar-refractivity contribution in [1.82, 2.24) is 15.0 Å². The Morgan fingerprint density at radius 3 is 2.57 bits per heavy atom. The molecule has 0 aliphatic rings. The van der Waals surface area contributed by atoms with Crippen molar-refractivity contribution < 1.29 is 9.18 Å². The van der Waals surface area contributed by atoms with Crippen molar-refractivity contribution in [2.75, 3.05) is 5.32 Å². The Bertz CT molecular complexity index is 924. The first-order chi connectivity index (χ1) is 11.1. The average Bonchev–Trinajstić information content (AvgIpc) is 2.91. The summed E-state index contributed by atoms with van der Waals surface area (Å²) in [5.41, 5.74) is 3.28. The number of anilines is 1. The van der Waals surface area contributed by atoms with E-state index in [1.165, 1.54) is 16.9 Å². The number of nitriles is 1. The lowest BCUT2D eigenvalue weighted by atomic mass is 10.1. The third-order valence-corrected chi connectivity index (χ3v) is 3.30. The Morgan fingerprint density at radius 1 is 1.26 bits per heavy atom. The quantitative estimate of drug-likeness (QED) is 0.806. The molecule has 0 spiro atoms. The molecule has 7 heteroatoms. The van der Waals surface area contributed by atoms with E-state index in [9.17, 15) is 9.18 Å². The summed E-state index contributed by atoms with van der Waals surface area (Å²) in [7, 11) is 0. The van der Waals surface area contributed by atoms with Crippen LogP contribution in [0.25, 0.3) is 16.7 Å². The van der Waals surface area contributed by atoms with Crippen LogP contribution in [0.2, 0.25) is 0 Å². The molecule has 3 rings (SSSR count). The van der Waals surface area contributed by atoms with Crippen molar-refractivity contribution in [2.45, 2.75) is 13.3 Å². The minimum absolute atomic E-state index is 0.209. The predicted octanol–water partition coefficient (Wildman–Crippen LogP) is 2.72. The summed E-state index contributed by atoms with van der Waals surface area (Å²) in [5, 5.41) is 19.9. The van der Waals surface area contributed by atoms with Gasteiger partial charge in [0, 0.05) is 5.69 Å². The van der Waals surface area contributed by atoms with Crippen molar-refractivity contribution >= 4 is 22.6 Å². The molecule has 1 aromatic heterocycles. The van der Waals surface area contributed by atoms with Crippen LogP contribution in [-0.2, 0) is 4.79 Å². The first-order valence-electron chi connectivity index (χ1n) is 6.87. The van der Waals surface area contributed by atoms with Crippen molar-refractivity contribution in [3.8, 4) is 11.8 Å². The lowest BCUT2D eigenvalue weighted by Gasteiger charge is -2.05. The van der Waals surface area contributed by atoms with Crippen LogP contribution >= 0.6 is 0 Å². The van der Waals surface area contributed by atoms with Gasteiger partial charge in [-0.25, -0.2) is 4.39 Å². The Balaban J connectivity index is 1.98. The highest BCUT2D eigenvalue weighted by Crippen LogP contribution is 2.22. The number of nitrogens with zero attached hydrogens (tertiary/aromatic N) is 4. The van der Waals surface area contributed by atoms with E-state index in [1.54, 1.807) is 30.3 Å². The highest BCUT2D eigenvalue weighted by Gasteiger charge is 2.10. The molecule has 0 bridgehead atoms. The van der Waals surface area contributed by atoms with E-state index in [2.05, 4.69) is 15.5 Å². The van der Waals surface area contributed by atoms with Gasteiger partial charge in [0.1, 0.15) is 23.3 Å². The predicted molar refractivity (Wildman–Crippen MR) is 82.4 cm³/mol. The number of rotatable bonds is 3. The van der Waals surface area contributed by atoms with E-state index in [0.29, 0.717) is 22.4 Å². The molecule has 2 aromatic carbocycles. The first-order valence-corrected chi connectivity index (χ1v) is 6.87. The third-order valence-electron chi connectivity index (χ3n) is 3.30. The topological polar surface area (TPSA) is 83.6 Å². The Morgan fingerprint density at radius 2 is 1.91 bits per heavy atom. The van der Waals surface area contributed by atoms with Crippen LogP contribution in [-0.4, -0.2) is 20.9 Å². The monoisotopic (exact) mass is 309 g/mol. The summed E-state index contributed by atoms with van der Waals surface area (Å²) in [6, 6.07) is 11.1. The second kappa shape index (κ2) is 5.85. The fourth-order valence-electron chi connectivity index (χ4n) is 2.16. The van der Waals surface area contributed by atoms with Crippen molar-refractivity contribution in [2.24, 2.45) is 0 Å². The number of carbonyl (C=O) groups excluding carboxylic acids is 1. The van der Waals surface area contributed by atoms with Gasteiger partial charge in [-0.15, -0.1) is 10.2 Å². The zero-order valence-corrected chi connectivity index (χ0v) is 12.2. The highest BCUT2D eigenvalue weighted by molar-refractivity contribution is 5.95. The number of aryl methyl sites for hydroxylation is 1. The number of nitrogens with one attached hydrogen (secondary N) is 1. The molecule has 3 aromatic rings. The van der Waals surface area contributed by atoms with Crippen LogP contribution in [0.1, 0.15) is 12.0 Å². The molecule has 114 valence electrons. The van der Waals surface area contributed by atoms with E-state index in [0.717, 1.165) is 5.56 Å². The van der Waals surface area contributed by atoms with Gasteiger partial charge in [-0.3, -0.25) is 4.79 Å². The molecule has 1 amide bonds.